The molecule has 0 spiro atoms. The van der Waals surface area contributed by atoms with E-state index in [-0.39, 0.29) is 16.2 Å². The zero-order valence-electron chi connectivity index (χ0n) is 14.8. The molecule has 0 fully saturated rings. The van der Waals surface area contributed by atoms with E-state index < -0.39 is 13.5 Å². The molecule has 0 aromatic heterocycles. The lowest BCUT2D eigenvalue weighted by molar-refractivity contribution is -0.133. The van der Waals surface area contributed by atoms with E-state index in [1.807, 2.05) is 24.3 Å². The average molecular weight is 321 g/mol. The lowest BCUT2D eigenvalue weighted by Gasteiger charge is -2.44. The van der Waals surface area contributed by atoms with Crippen LogP contribution in [0.25, 0.3) is 0 Å². The standard InChI is InChI=1S/C18H28NO2P/c1-16(2,3)22(17(4,5)6)12-18(21)13-10-8-9-11-14(13)19(7)15(18)20/h8-11,21H,12H2,1-7H3. The molecule has 0 radical (unpaired) electrons. The van der Waals surface area contributed by atoms with Gasteiger partial charge in [-0.3, -0.25) is 4.79 Å². The average Bonchev–Trinajstić information content (AvgIpc) is 2.57. The number of hydrogen-bond acceptors (Lipinski definition) is 2. The van der Waals surface area contributed by atoms with E-state index >= 15 is 0 Å². The molecule has 4 heteroatoms. The van der Waals surface area contributed by atoms with Gasteiger partial charge in [-0.15, -0.1) is 0 Å². The number of carbonyl (C=O) groups is 1. The summed E-state index contributed by atoms with van der Waals surface area (Å²) in [5, 5.41) is 11.4. The van der Waals surface area contributed by atoms with Crippen LogP contribution >= 0.6 is 7.92 Å². The van der Waals surface area contributed by atoms with Crippen LogP contribution in [0.1, 0.15) is 47.1 Å². The minimum Gasteiger partial charge on any atom is -0.375 e. The second kappa shape index (κ2) is 5.32. The minimum absolute atomic E-state index is 0.0691. The quantitative estimate of drug-likeness (QED) is 0.839. The molecule has 1 aromatic carbocycles. The van der Waals surface area contributed by atoms with E-state index in [1.165, 1.54) is 0 Å². The summed E-state index contributed by atoms with van der Waals surface area (Å²) in [7, 11) is 1.18. The van der Waals surface area contributed by atoms with Crippen molar-refractivity contribution in [2.24, 2.45) is 0 Å². The lowest BCUT2D eigenvalue weighted by Crippen LogP contribution is -2.44. The smallest absolute Gasteiger partial charge is 0.263 e. The maximum absolute atomic E-state index is 12.8. The Hall–Kier alpha value is -0.920. The van der Waals surface area contributed by atoms with E-state index in [9.17, 15) is 9.90 Å². The summed E-state index contributed by atoms with van der Waals surface area (Å²) in [5.41, 5.74) is 0.189. The van der Waals surface area contributed by atoms with E-state index in [1.54, 1.807) is 11.9 Å². The SMILES string of the molecule is CN1C(=O)C(O)(CP(C(C)(C)C)C(C)(C)C)c2ccccc21. The van der Waals surface area contributed by atoms with Gasteiger partial charge in [-0.1, -0.05) is 67.7 Å². The Labute approximate surface area is 135 Å². The summed E-state index contributed by atoms with van der Waals surface area (Å²) in [4.78, 5) is 14.4. The fourth-order valence-electron chi connectivity index (χ4n) is 3.48. The van der Waals surface area contributed by atoms with Crippen molar-refractivity contribution in [3.8, 4) is 0 Å². The van der Waals surface area contributed by atoms with Gasteiger partial charge in [-0.05, 0) is 16.4 Å². The fourth-order valence-corrected chi connectivity index (χ4v) is 7.20. The Morgan fingerprint density at radius 2 is 1.59 bits per heavy atom. The number of hydrogen-bond donors (Lipinski definition) is 1. The van der Waals surface area contributed by atoms with Crippen molar-refractivity contribution in [3.05, 3.63) is 29.8 Å². The second-order valence-electron chi connectivity index (χ2n) is 8.17. The predicted molar refractivity (Wildman–Crippen MR) is 95.0 cm³/mol. The molecule has 1 N–H and O–H groups in total. The van der Waals surface area contributed by atoms with Crippen molar-refractivity contribution in [2.75, 3.05) is 18.1 Å². The fraction of sp³-hybridized carbons (Fsp3) is 0.611. The van der Waals surface area contributed by atoms with E-state index in [0.29, 0.717) is 6.16 Å². The molecule has 1 heterocycles. The Kier molecular flexibility index (Phi) is 4.21. The first kappa shape index (κ1) is 17.4. The highest BCUT2D eigenvalue weighted by molar-refractivity contribution is 7.61. The van der Waals surface area contributed by atoms with Crippen molar-refractivity contribution in [2.45, 2.75) is 57.5 Å². The second-order valence-corrected chi connectivity index (χ2v) is 12.0. The summed E-state index contributed by atoms with van der Waals surface area (Å²) in [5.74, 6) is -0.199. The van der Waals surface area contributed by atoms with Gasteiger partial charge in [0.1, 0.15) is 0 Å². The number of likely N-dealkylation sites (N-methyl/N-ethyl adjacent to an activating group) is 1. The molecule has 0 bridgehead atoms. The largest absolute Gasteiger partial charge is 0.375 e. The van der Waals surface area contributed by atoms with Crippen molar-refractivity contribution >= 4 is 19.5 Å². The summed E-state index contributed by atoms with van der Waals surface area (Å²) < 4.78 is 0. The van der Waals surface area contributed by atoms with Crippen LogP contribution in [0.15, 0.2) is 24.3 Å². The van der Waals surface area contributed by atoms with Crippen molar-refractivity contribution in [1.82, 2.24) is 0 Å². The molecular formula is C18H28NO2P. The molecule has 1 atom stereocenters. The van der Waals surface area contributed by atoms with Crippen LogP contribution in [-0.2, 0) is 10.4 Å². The summed E-state index contributed by atoms with van der Waals surface area (Å²) in [6.45, 7) is 13.3. The number of anilines is 1. The highest BCUT2D eigenvalue weighted by atomic mass is 31.1. The number of fused-ring (bicyclic) bond motifs is 1. The maximum atomic E-state index is 12.8. The molecule has 0 saturated heterocycles. The van der Waals surface area contributed by atoms with Gasteiger partial charge in [0.2, 0.25) is 0 Å². The van der Waals surface area contributed by atoms with Gasteiger partial charge < -0.3 is 10.0 Å². The van der Waals surface area contributed by atoms with Gasteiger partial charge in [0.15, 0.2) is 5.60 Å². The molecule has 1 aromatic rings. The summed E-state index contributed by atoms with van der Waals surface area (Å²) in [6.07, 6.45) is 0.509. The topological polar surface area (TPSA) is 40.5 Å². The first-order chi connectivity index (χ1) is 9.89. The number of benzene rings is 1. The monoisotopic (exact) mass is 321 g/mol. The molecule has 1 unspecified atom stereocenters. The number of para-hydroxylation sites is 1. The Morgan fingerprint density at radius 1 is 1.09 bits per heavy atom. The molecule has 0 saturated carbocycles. The highest BCUT2D eigenvalue weighted by Crippen LogP contribution is 2.62. The number of nitrogens with zero attached hydrogens (tertiary/aromatic N) is 1. The van der Waals surface area contributed by atoms with Crippen molar-refractivity contribution < 1.29 is 9.90 Å². The van der Waals surface area contributed by atoms with E-state index in [2.05, 4.69) is 41.5 Å². The van der Waals surface area contributed by atoms with E-state index in [0.717, 1.165) is 11.3 Å². The molecule has 1 amide bonds. The van der Waals surface area contributed by atoms with Gasteiger partial charge in [-0.2, -0.15) is 0 Å². The van der Waals surface area contributed by atoms with Gasteiger partial charge in [-0.25, -0.2) is 0 Å². The molecular weight excluding hydrogens is 293 g/mol. The van der Waals surface area contributed by atoms with Crippen LogP contribution < -0.4 is 4.90 Å². The number of amides is 1. The lowest BCUT2D eigenvalue weighted by atomic mass is 9.98. The van der Waals surface area contributed by atoms with Gasteiger partial charge >= 0.3 is 0 Å². The van der Waals surface area contributed by atoms with Crippen LogP contribution in [0.3, 0.4) is 0 Å². The molecule has 3 nitrogen and oxygen atoms in total. The summed E-state index contributed by atoms with van der Waals surface area (Å²) in [6, 6.07) is 7.59. The normalized spacial score (nSPS) is 22.4. The Morgan fingerprint density at radius 3 is 2.09 bits per heavy atom. The zero-order chi connectivity index (χ0) is 16.9. The molecule has 1 aliphatic rings. The number of rotatable bonds is 2. The molecule has 0 aliphatic carbocycles. The number of aliphatic hydroxyl groups is 1. The predicted octanol–water partition coefficient (Wildman–Crippen LogP) is 3.93. The summed E-state index contributed by atoms with van der Waals surface area (Å²) >= 11 is 0. The van der Waals surface area contributed by atoms with Crippen LogP contribution in [0.5, 0.6) is 0 Å². The van der Waals surface area contributed by atoms with Crippen LogP contribution in [-0.4, -0.2) is 34.5 Å². The Bertz CT molecular complexity index is 571. The zero-order valence-corrected chi connectivity index (χ0v) is 15.7. The minimum atomic E-state index is -1.39. The number of carbonyl (C=O) groups excluding carboxylic acids is 1. The molecule has 22 heavy (non-hydrogen) atoms. The van der Waals surface area contributed by atoms with Crippen molar-refractivity contribution in [3.63, 3.8) is 0 Å². The third kappa shape index (κ3) is 2.81. The first-order valence-electron chi connectivity index (χ1n) is 7.77. The Balaban J connectivity index is 2.49. The van der Waals surface area contributed by atoms with E-state index in [4.69, 9.17) is 0 Å². The molecule has 122 valence electrons. The highest BCUT2D eigenvalue weighted by Gasteiger charge is 2.52. The van der Waals surface area contributed by atoms with Gasteiger partial charge in [0.05, 0.1) is 5.69 Å². The van der Waals surface area contributed by atoms with Crippen LogP contribution in [0.2, 0.25) is 0 Å². The third-order valence-corrected chi connectivity index (χ3v) is 8.39. The maximum Gasteiger partial charge on any atom is 0.263 e. The van der Waals surface area contributed by atoms with Gasteiger partial charge in [0.25, 0.3) is 5.91 Å². The third-order valence-electron chi connectivity index (χ3n) is 4.38. The van der Waals surface area contributed by atoms with Crippen LogP contribution in [0, 0.1) is 0 Å². The molecule has 2 rings (SSSR count). The first-order valence-corrected chi connectivity index (χ1v) is 9.29. The van der Waals surface area contributed by atoms with Gasteiger partial charge in [0, 0.05) is 18.8 Å². The van der Waals surface area contributed by atoms with Crippen molar-refractivity contribution in [1.29, 1.82) is 0 Å². The van der Waals surface area contributed by atoms with Crippen LogP contribution in [0.4, 0.5) is 5.69 Å². The molecule has 1 aliphatic heterocycles.